The summed E-state index contributed by atoms with van der Waals surface area (Å²) >= 11 is 0. The number of carbonyl (C=O) groups excluding carboxylic acids is 1. The van der Waals surface area contributed by atoms with Crippen molar-refractivity contribution in [1.29, 1.82) is 0 Å². The van der Waals surface area contributed by atoms with Gasteiger partial charge in [0.15, 0.2) is 0 Å². The van der Waals surface area contributed by atoms with Crippen LogP contribution in [0.25, 0.3) is 0 Å². The van der Waals surface area contributed by atoms with E-state index in [1.54, 1.807) is 0 Å². The molecule has 0 bridgehead atoms. The van der Waals surface area contributed by atoms with E-state index in [-0.39, 0.29) is 34.5 Å². The Morgan fingerprint density at radius 3 is 2.07 bits per heavy atom. The Hall–Kier alpha value is -0.600. The number of nitrogens with two attached hydrogens (primary N) is 1. The van der Waals surface area contributed by atoms with E-state index < -0.39 is 16.1 Å². The molecule has 1 aromatic rings. The SMILES string of the molecule is NC(=O)Nc1ccc(S(=O)(=O)O)cc1.[Na]. The van der Waals surface area contributed by atoms with Gasteiger partial charge in [0.2, 0.25) is 0 Å². The molecule has 15 heavy (non-hydrogen) atoms. The van der Waals surface area contributed by atoms with Gasteiger partial charge >= 0.3 is 6.03 Å². The first-order chi connectivity index (χ1) is 6.39. The third-order valence-corrected chi connectivity index (χ3v) is 2.29. The fourth-order valence-corrected chi connectivity index (χ4v) is 1.33. The Morgan fingerprint density at radius 2 is 1.73 bits per heavy atom. The summed E-state index contributed by atoms with van der Waals surface area (Å²) in [4.78, 5) is 10.2. The molecule has 1 radical (unpaired) electrons. The summed E-state index contributed by atoms with van der Waals surface area (Å²) in [5.41, 5.74) is 5.18. The van der Waals surface area contributed by atoms with Crippen LogP contribution in [0, 0.1) is 0 Å². The van der Waals surface area contributed by atoms with Gasteiger partial charge in [-0.2, -0.15) is 8.42 Å². The van der Waals surface area contributed by atoms with Gasteiger partial charge < -0.3 is 11.1 Å². The van der Waals surface area contributed by atoms with Crippen molar-refractivity contribution in [3.63, 3.8) is 0 Å². The monoisotopic (exact) mass is 239 g/mol. The smallest absolute Gasteiger partial charge is 0.316 e. The molecule has 1 rings (SSSR count). The molecule has 6 nitrogen and oxygen atoms in total. The van der Waals surface area contributed by atoms with Crippen LogP contribution in [-0.4, -0.2) is 48.6 Å². The van der Waals surface area contributed by atoms with E-state index in [0.717, 1.165) is 12.1 Å². The third kappa shape index (κ3) is 4.63. The molecular formula is C7H8N2NaO4S. The summed E-state index contributed by atoms with van der Waals surface area (Å²) in [6.07, 6.45) is 0. The Balaban J connectivity index is 0.00000196. The Labute approximate surface area is 109 Å². The van der Waals surface area contributed by atoms with Gasteiger partial charge in [-0.1, -0.05) is 0 Å². The zero-order chi connectivity index (χ0) is 10.8. The molecule has 0 atom stereocenters. The van der Waals surface area contributed by atoms with Crippen molar-refractivity contribution in [3.8, 4) is 0 Å². The second-order valence-electron chi connectivity index (χ2n) is 2.49. The van der Waals surface area contributed by atoms with Crippen LogP contribution in [-0.2, 0) is 10.1 Å². The third-order valence-electron chi connectivity index (χ3n) is 1.42. The second kappa shape index (κ2) is 5.47. The van der Waals surface area contributed by atoms with Gasteiger partial charge in [-0.15, -0.1) is 0 Å². The van der Waals surface area contributed by atoms with E-state index in [2.05, 4.69) is 5.32 Å². The van der Waals surface area contributed by atoms with Crippen LogP contribution in [0.5, 0.6) is 0 Å². The number of urea groups is 1. The van der Waals surface area contributed by atoms with Crippen LogP contribution >= 0.6 is 0 Å². The van der Waals surface area contributed by atoms with Gasteiger partial charge in [0, 0.05) is 35.2 Å². The Kier molecular flexibility index (Phi) is 5.26. The van der Waals surface area contributed by atoms with Crippen molar-refractivity contribution in [3.05, 3.63) is 24.3 Å². The number of amides is 2. The first kappa shape index (κ1) is 14.4. The normalized spacial score (nSPS) is 10.2. The number of hydrogen-bond donors (Lipinski definition) is 3. The van der Waals surface area contributed by atoms with Gasteiger partial charge in [-0.25, -0.2) is 4.79 Å². The second-order valence-corrected chi connectivity index (χ2v) is 3.91. The van der Waals surface area contributed by atoms with Crippen molar-refractivity contribution >= 4 is 51.4 Å². The van der Waals surface area contributed by atoms with E-state index in [4.69, 9.17) is 10.3 Å². The zero-order valence-corrected chi connectivity index (χ0v) is 10.8. The summed E-state index contributed by atoms with van der Waals surface area (Å²) in [5, 5.41) is 2.25. The zero-order valence-electron chi connectivity index (χ0n) is 7.97. The van der Waals surface area contributed by atoms with Crippen molar-refractivity contribution in [2.75, 3.05) is 5.32 Å². The number of hydrogen-bond acceptors (Lipinski definition) is 3. The minimum Gasteiger partial charge on any atom is -0.351 e. The van der Waals surface area contributed by atoms with Crippen LogP contribution in [0.4, 0.5) is 10.5 Å². The largest absolute Gasteiger partial charge is 0.351 e. The molecule has 0 aliphatic carbocycles. The van der Waals surface area contributed by atoms with Crippen LogP contribution < -0.4 is 11.1 Å². The Morgan fingerprint density at radius 1 is 1.27 bits per heavy atom. The molecule has 2 amide bonds. The predicted octanol–water partition coefficient (Wildman–Crippen LogP) is 0.0431. The molecule has 4 N–H and O–H groups in total. The topological polar surface area (TPSA) is 109 Å². The number of rotatable bonds is 2. The van der Waals surface area contributed by atoms with Gasteiger partial charge in [-0.3, -0.25) is 4.55 Å². The summed E-state index contributed by atoms with van der Waals surface area (Å²) in [6.45, 7) is 0. The van der Waals surface area contributed by atoms with E-state index in [1.165, 1.54) is 12.1 Å². The number of nitrogens with one attached hydrogen (secondary N) is 1. The molecule has 0 fully saturated rings. The van der Waals surface area contributed by atoms with Crippen molar-refractivity contribution < 1.29 is 17.8 Å². The maximum absolute atomic E-state index is 10.6. The van der Waals surface area contributed by atoms with Crippen molar-refractivity contribution in [2.24, 2.45) is 5.73 Å². The molecule has 0 spiro atoms. The van der Waals surface area contributed by atoms with E-state index in [0.29, 0.717) is 5.69 Å². The van der Waals surface area contributed by atoms with Crippen molar-refractivity contribution in [2.45, 2.75) is 4.90 Å². The van der Waals surface area contributed by atoms with E-state index >= 15 is 0 Å². The molecule has 0 aliphatic rings. The molecule has 0 heterocycles. The quantitative estimate of drug-likeness (QED) is 0.500. The maximum atomic E-state index is 10.6. The number of carbonyl (C=O) groups is 1. The number of benzene rings is 1. The van der Waals surface area contributed by atoms with Gasteiger partial charge in [0.25, 0.3) is 10.1 Å². The molecule has 0 saturated heterocycles. The fraction of sp³-hybridized carbons (Fsp3) is 0. The maximum Gasteiger partial charge on any atom is 0.316 e. The first-order valence-electron chi connectivity index (χ1n) is 3.53. The van der Waals surface area contributed by atoms with Gasteiger partial charge in [0.05, 0.1) is 4.90 Å². The Bertz CT molecular complexity index is 443. The average Bonchev–Trinajstić information content (AvgIpc) is 2.02. The molecule has 0 aliphatic heterocycles. The summed E-state index contributed by atoms with van der Waals surface area (Å²) in [7, 11) is -4.19. The molecule has 0 unspecified atom stereocenters. The minimum atomic E-state index is -4.19. The van der Waals surface area contributed by atoms with E-state index in [9.17, 15) is 13.2 Å². The molecule has 0 aromatic heterocycles. The van der Waals surface area contributed by atoms with Gasteiger partial charge in [0.1, 0.15) is 0 Å². The van der Waals surface area contributed by atoms with Crippen molar-refractivity contribution in [1.82, 2.24) is 0 Å². The van der Waals surface area contributed by atoms with Gasteiger partial charge in [-0.05, 0) is 24.3 Å². The average molecular weight is 239 g/mol. The number of anilines is 1. The summed E-state index contributed by atoms with van der Waals surface area (Å²) in [6, 6.07) is 4.19. The van der Waals surface area contributed by atoms with Crippen LogP contribution in [0.3, 0.4) is 0 Å². The fourth-order valence-electron chi connectivity index (χ4n) is 0.852. The molecule has 0 saturated carbocycles. The first-order valence-corrected chi connectivity index (χ1v) is 4.97. The molecule has 77 valence electrons. The van der Waals surface area contributed by atoms with E-state index in [1.807, 2.05) is 0 Å². The standard InChI is InChI=1S/C7H8N2O4S.Na/c8-7(10)9-5-1-3-6(4-2-5)14(11,12)13;/h1-4H,(H3,8,9,10)(H,11,12,13);. The number of primary amides is 1. The van der Waals surface area contributed by atoms with Crippen LogP contribution in [0.2, 0.25) is 0 Å². The minimum absolute atomic E-state index is 0. The predicted molar refractivity (Wildman–Crippen MR) is 55.2 cm³/mol. The summed E-state index contributed by atoms with van der Waals surface area (Å²) < 4.78 is 29.8. The van der Waals surface area contributed by atoms with Crippen LogP contribution in [0.1, 0.15) is 0 Å². The molecule has 1 aromatic carbocycles. The molecular weight excluding hydrogens is 231 g/mol. The molecule has 8 heteroatoms. The summed E-state index contributed by atoms with van der Waals surface area (Å²) in [5.74, 6) is 0. The van der Waals surface area contributed by atoms with Crippen LogP contribution in [0.15, 0.2) is 29.2 Å².